The van der Waals surface area contributed by atoms with Gasteiger partial charge in [-0.3, -0.25) is 9.59 Å². The van der Waals surface area contributed by atoms with E-state index in [1.165, 1.54) is 0 Å². The van der Waals surface area contributed by atoms with Gasteiger partial charge in [-0.1, -0.05) is 36.4 Å². The van der Waals surface area contributed by atoms with Crippen molar-refractivity contribution in [2.75, 3.05) is 36.9 Å². The van der Waals surface area contributed by atoms with Crippen LogP contribution in [0.15, 0.2) is 48.5 Å². The van der Waals surface area contributed by atoms with Crippen LogP contribution < -0.4 is 21.3 Å². The van der Waals surface area contributed by atoms with E-state index >= 15 is 0 Å². The molecule has 4 N–H and O–H groups in total. The topological polar surface area (TPSA) is 135 Å². The maximum Gasteiger partial charge on any atom is 0.407 e. The first-order valence-corrected chi connectivity index (χ1v) is 12.0. The summed E-state index contributed by atoms with van der Waals surface area (Å²) in [5.41, 5.74) is -0.235. The number of amides is 4. The Hall–Kier alpha value is -4.08. The van der Waals surface area contributed by atoms with Crippen LogP contribution in [0.5, 0.6) is 0 Å². The lowest BCUT2D eigenvalue weighted by Crippen LogP contribution is -2.59. The van der Waals surface area contributed by atoms with Crippen LogP contribution in [0.25, 0.3) is 0 Å². The molecule has 0 fully saturated rings. The fourth-order valence-electron chi connectivity index (χ4n) is 5.47. The third-order valence-electron chi connectivity index (χ3n) is 6.86. The molecule has 2 heterocycles. The number of carbonyl (C=O) groups excluding carboxylic acids is 4. The van der Waals surface area contributed by atoms with Crippen LogP contribution in [-0.2, 0) is 29.9 Å². The van der Waals surface area contributed by atoms with Gasteiger partial charge in [0.25, 0.3) is 0 Å². The molecule has 0 radical (unpaired) electrons. The van der Waals surface area contributed by atoms with E-state index in [0.29, 0.717) is 22.5 Å². The van der Waals surface area contributed by atoms with E-state index in [0.717, 1.165) is 0 Å². The second-order valence-corrected chi connectivity index (χ2v) is 8.60. The standard InChI is InChI=1S/C26H30N4O6/c1-3-35-23(33)27-15-13-25(17-9-5-7-11-19(17)29-21(25)31)26(14-16-28-24(34)36-4-2)18-10-6-8-12-20(18)30-22(26)32/h5-12H,3-4,13-16H2,1-2H3,(H,27,33)(H,28,34)(H,29,31)(H,30,32)/t25-,26+. The van der Waals surface area contributed by atoms with Crippen LogP contribution in [0, 0.1) is 0 Å². The highest BCUT2D eigenvalue weighted by molar-refractivity contribution is 6.17. The average molecular weight is 495 g/mol. The highest BCUT2D eigenvalue weighted by Gasteiger charge is 2.67. The lowest BCUT2D eigenvalue weighted by Gasteiger charge is -2.44. The Bertz CT molecular complexity index is 1090. The van der Waals surface area contributed by atoms with Crippen molar-refractivity contribution in [3.05, 3.63) is 59.7 Å². The summed E-state index contributed by atoms with van der Waals surface area (Å²) >= 11 is 0. The molecule has 4 rings (SSSR count). The molecule has 2 aromatic carbocycles. The zero-order chi connectivity index (χ0) is 25.8. The van der Waals surface area contributed by atoms with Crippen LogP contribution in [0.2, 0.25) is 0 Å². The van der Waals surface area contributed by atoms with Gasteiger partial charge in [-0.25, -0.2) is 9.59 Å². The number of para-hydroxylation sites is 2. The number of benzene rings is 2. The molecule has 0 saturated carbocycles. The summed E-state index contributed by atoms with van der Waals surface area (Å²) in [6.07, 6.45) is -0.965. The van der Waals surface area contributed by atoms with E-state index in [4.69, 9.17) is 9.47 Å². The third-order valence-corrected chi connectivity index (χ3v) is 6.86. The van der Waals surface area contributed by atoms with E-state index in [2.05, 4.69) is 21.3 Å². The van der Waals surface area contributed by atoms with E-state index in [-0.39, 0.29) is 51.0 Å². The second-order valence-electron chi connectivity index (χ2n) is 8.60. The molecule has 10 nitrogen and oxygen atoms in total. The number of carbonyl (C=O) groups is 4. The van der Waals surface area contributed by atoms with Gasteiger partial charge in [-0.15, -0.1) is 0 Å². The number of rotatable bonds is 9. The Kier molecular flexibility index (Phi) is 7.14. The molecule has 0 spiro atoms. The van der Waals surface area contributed by atoms with Gasteiger partial charge in [0.1, 0.15) is 0 Å². The molecule has 2 aromatic rings. The minimum Gasteiger partial charge on any atom is -0.450 e. The molecular weight excluding hydrogens is 464 g/mol. The van der Waals surface area contributed by atoms with Gasteiger partial charge in [-0.05, 0) is 49.9 Å². The molecule has 0 aliphatic carbocycles. The van der Waals surface area contributed by atoms with E-state index < -0.39 is 23.0 Å². The smallest absolute Gasteiger partial charge is 0.407 e. The Labute approximate surface area is 209 Å². The van der Waals surface area contributed by atoms with Crippen LogP contribution in [0.4, 0.5) is 21.0 Å². The quantitative estimate of drug-likeness (QED) is 0.423. The molecular formula is C26H30N4O6. The minimum absolute atomic E-state index is 0.0864. The van der Waals surface area contributed by atoms with Crippen molar-refractivity contribution < 1.29 is 28.7 Å². The Morgan fingerprint density at radius 2 is 1.11 bits per heavy atom. The Morgan fingerprint density at radius 1 is 0.722 bits per heavy atom. The van der Waals surface area contributed by atoms with Crippen LogP contribution in [-0.4, -0.2) is 50.3 Å². The van der Waals surface area contributed by atoms with Crippen molar-refractivity contribution >= 4 is 35.4 Å². The summed E-state index contributed by atoms with van der Waals surface area (Å²) < 4.78 is 9.97. The van der Waals surface area contributed by atoms with Gasteiger partial charge < -0.3 is 30.7 Å². The molecule has 2 atom stereocenters. The number of nitrogens with one attached hydrogen (secondary N) is 4. The zero-order valence-corrected chi connectivity index (χ0v) is 20.3. The van der Waals surface area contributed by atoms with Crippen molar-refractivity contribution in [2.45, 2.75) is 37.5 Å². The third kappa shape index (κ3) is 4.02. The van der Waals surface area contributed by atoms with Crippen molar-refractivity contribution in [1.29, 1.82) is 0 Å². The monoisotopic (exact) mass is 494 g/mol. The summed E-state index contributed by atoms with van der Waals surface area (Å²) in [5, 5.41) is 11.3. The first kappa shape index (κ1) is 25.0. The maximum absolute atomic E-state index is 14.0. The van der Waals surface area contributed by atoms with Crippen molar-refractivity contribution in [1.82, 2.24) is 10.6 Å². The summed E-state index contributed by atoms with van der Waals surface area (Å²) in [6.45, 7) is 3.99. The largest absolute Gasteiger partial charge is 0.450 e. The van der Waals surface area contributed by atoms with E-state index in [9.17, 15) is 19.2 Å². The number of ether oxygens (including phenoxy) is 2. The summed E-state index contributed by atoms with van der Waals surface area (Å²) in [6, 6.07) is 14.5. The van der Waals surface area contributed by atoms with Gasteiger partial charge in [0.15, 0.2) is 0 Å². The molecule has 0 saturated heterocycles. The number of anilines is 2. The highest BCUT2D eigenvalue weighted by Crippen LogP contribution is 2.58. The van der Waals surface area contributed by atoms with Gasteiger partial charge in [-0.2, -0.15) is 0 Å². The lowest BCUT2D eigenvalue weighted by atomic mass is 9.54. The molecule has 2 aliphatic rings. The number of hydrogen-bond acceptors (Lipinski definition) is 6. The minimum atomic E-state index is -1.38. The van der Waals surface area contributed by atoms with Gasteiger partial charge in [0, 0.05) is 24.5 Å². The molecule has 0 unspecified atom stereocenters. The predicted molar refractivity (Wildman–Crippen MR) is 133 cm³/mol. The molecule has 10 heteroatoms. The summed E-state index contributed by atoms with van der Waals surface area (Å²) in [7, 11) is 0. The molecule has 4 amide bonds. The second kappa shape index (κ2) is 10.3. The molecule has 190 valence electrons. The Morgan fingerprint density at radius 3 is 1.50 bits per heavy atom. The maximum atomic E-state index is 14.0. The first-order valence-electron chi connectivity index (χ1n) is 12.0. The van der Waals surface area contributed by atoms with E-state index in [1.54, 1.807) is 26.0 Å². The van der Waals surface area contributed by atoms with Gasteiger partial charge in [0.2, 0.25) is 11.8 Å². The number of hydrogen-bond donors (Lipinski definition) is 4. The normalized spacial score (nSPS) is 21.6. The van der Waals surface area contributed by atoms with Crippen molar-refractivity contribution in [3.63, 3.8) is 0 Å². The number of alkyl carbamates (subject to hydrolysis) is 2. The van der Waals surface area contributed by atoms with E-state index in [1.807, 2.05) is 36.4 Å². The Balaban J connectivity index is 1.84. The molecule has 36 heavy (non-hydrogen) atoms. The van der Waals surface area contributed by atoms with Crippen LogP contribution in [0.1, 0.15) is 37.8 Å². The summed E-state index contributed by atoms with van der Waals surface area (Å²) in [5.74, 6) is -0.699. The fourth-order valence-corrected chi connectivity index (χ4v) is 5.47. The highest BCUT2D eigenvalue weighted by atomic mass is 16.6. The zero-order valence-electron chi connectivity index (χ0n) is 20.3. The molecule has 2 aliphatic heterocycles. The van der Waals surface area contributed by atoms with Crippen LogP contribution in [0.3, 0.4) is 0 Å². The molecule has 0 bridgehead atoms. The predicted octanol–water partition coefficient (Wildman–Crippen LogP) is 3.04. The fraction of sp³-hybridized carbons (Fsp3) is 0.385. The van der Waals surface area contributed by atoms with Gasteiger partial charge in [0.05, 0.1) is 24.0 Å². The first-order chi connectivity index (χ1) is 17.4. The van der Waals surface area contributed by atoms with Crippen LogP contribution >= 0.6 is 0 Å². The SMILES string of the molecule is CCOC(=O)NCC[C@]1([C@]2(CCNC(=O)OCC)C(=O)Nc3ccccc32)C(=O)Nc2ccccc21. The average Bonchev–Trinajstić information content (AvgIpc) is 3.31. The molecule has 0 aromatic heterocycles. The van der Waals surface area contributed by atoms with Gasteiger partial charge >= 0.3 is 12.2 Å². The lowest BCUT2D eigenvalue weighted by molar-refractivity contribution is -0.133. The number of fused-ring (bicyclic) bond motifs is 2. The van der Waals surface area contributed by atoms with Crippen molar-refractivity contribution in [3.8, 4) is 0 Å². The van der Waals surface area contributed by atoms with Crippen molar-refractivity contribution in [2.24, 2.45) is 0 Å². The summed E-state index contributed by atoms with van der Waals surface area (Å²) in [4.78, 5) is 52.0.